The van der Waals surface area contributed by atoms with Crippen LogP contribution in [0.2, 0.25) is 0 Å². The molecular formula is C49H32N2O. The summed E-state index contributed by atoms with van der Waals surface area (Å²) < 4.78 is 9.08. The van der Waals surface area contributed by atoms with Gasteiger partial charge in [-0.25, -0.2) is 4.98 Å². The normalized spacial score (nSPS) is 12.5. The number of nitrogens with zero attached hydrogens (tertiary/aromatic N) is 2. The summed E-state index contributed by atoms with van der Waals surface area (Å²) in [6.07, 6.45) is 1.75. The Bertz CT molecular complexity index is 2950. The first-order valence-corrected chi connectivity index (χ1v) is 18.0. The molecule has 0 fully saturated rings. The molecule has 0 spiro atoms. The van der Waals surface area contributed by atoms with Gasteiger partial charge in [0, 0.05) is 16.6 Å². The number of aryl methyl sites for hydroxylation is 2. The Kier molecular flexibility index (Phi) is 6.38. The predicted molar refractivity (Wildman–Crippen MR) is 215 cm³/mol. The van der Waals surface area contributed by atoms with Crippen LogP contribution in [0.15, 0.2) is 174 Å². The highest BCUT2D eigenvalue weighted by Gasteiger charge is 2.30. The summed E-state index contributed by atoms with van der Waals surface area (Å²) in [5.41, 5.74) is 11.5. The monoisotopic (exact) mass is 664 g/mol. The van der Waals surface area contributed by atoms with E-state index in [4.69, 9.17) is 9.40 Å². The maximum absolute atomic E-state index is 6.69. The van der Waals surface area contributed by atoms with Crippen LogP contribution in [0.3, 0.4) is 0 Å². The van der Waals surface area contributed by atoms with E-state index in [0.29, 0.717) is 5.89 Å². The van der Waals surface area contributed by atoms with Crippen LogP contribution in [-0.2, 0) is 12.8 Å². The number of fused-ring (bicyclic) bond motifs is 11. The smallest absolute Gasteiger partial charge is 0.227 e. The van der Waals surface area contributed by atoms with Gasteiger partial charge >= 0.3 is 0 Å². The molecule has 0 saturated carbocycles. The molecule has 11 rings (SSSR count). The van der Waals surface area contributed by atoms with Crippen LogP contribution in [0.4, 0.5) is 0 Å². The lowest BCUT2D eigenvalue weighted by Crippen LogP contribution is -2.05. The lowest BCUT2D eigenvalue weighted by atomic mass is 9.92. The van der Waals surface area contributed by atoms with E-state index in [1.165, 1.54) is 71.0 Å². The first-order valence-electron chi connectivity index (χ1n) is 18.0. The fourth-order valence-corrected chi connectivity index (χ4v) is 8.47. The second-order valence-electron chi connectivity index (χ2n) is 13.8. The molecule has 1 aliphatic carbocycles. The second-order valence-corrected chi connectivity index (χ2v) is 13.8. The molecule has 0 radical (unpaired) electrons. The number of hydrogen-bond acceptors (Lipinski definition) is 2. The second kappa shape index (κ2) is 11.4. The Balaban J connectivity index is 1.08. The van der Waals surface area contributed by atoms with Gasteiger partial charge < -0.3 is 8.98 Å². The average Bonchev–Trinajstić information content (AvgIpc) is 3.81. The zero-order valence-electron chi connectivity index (χ0n) is 28.4. The summed E-state index contributed by atoms with van der Waals surface area (Å²) in [6.45, 7) is 0. The number of oxazole rings is 1. The maximum Gasteiger partial charge on any atom is 0.227 e. The van der Waals surface area contributed by atoms with Crippen molar-refractivity contribution in [3.63, 3.8) is 0 Å². The minimum Gasteiger partial charge on any atom is -0.434 e. The summed E-state index contributed by atoms with van der Waals surface area (Å²) in [6, 6.07) is 61.2. The summed E-state index contributed by atoms with van der Waals surface area (Å²) >= 11 is 0. The Morgan fingerprint density at radius 1 is 0.423 bits per heavy atom. The van der Waals surface area contributed by atoms with Crippen LogP contribution in [0.25, 0.3) is 94.1 Å². The van der Waals surface area contributed by atoms with Crippen LogP contribution in [0.1, 0.15) is 11.3 Å². The molecule has 8 aromatic carbocycles. The lowest BCUT2D eigenvalue weighted by Gasteiger charge is -2.15. The van der Waals surface area contributed by atoms with Crippen molar-refractivity contribution in [2.24, 2.45) is 0 Å². The number of benzene rings is 8. The molecule has 0 atom stereocenters. The van der Waals surface area contributed by atoms with Gasteiger partial charge in [0.15, 0.2) is 5.76 Å². The van der Waals surface area contributed by atoms with Crippen molar-refractivity contribution in [2.75, 3.05) is 0 Å². The highest BCUT2D eigenvalue weighted by molar-refractivity contribution is 6.25. The van der Waals surface area contributed by atoms with Gasteiger partial charge in [-0.05, 0) is 115 Å². The zero-order chi connectivity index (χ0) is 34.2. The predicted octanol–water partition coefficient (Wildman–Crippen LogP) is 12.8. The van der Waals surface area contributed by atoms with Crippen LogP contribution in [-0.4, -0.2) is 9.55 Å². The Morgan fingerprint density at radius 3 is 1.62 bits per heavy atom. The van der Waals surface area contributed by atoms with Crippen LogP contribution >= 0.6 is 0 Å². The Morgan fingerprint density at radius 2 is 0.942 bits per heavy atom. The summed E-state index contributed by atoms with van der Waals surface area (Å²) in [5, 5.41) is 8.99. The van der Waals surface area contributed by atoms with Crippen molar-refractivity contribution in [3.05, 3.63) is 181 Å². The van der Waals surface area contributed by atoms with Crippen molar-refractivity contribution in [1.29, 1.82) is 0 Å². The van der Waals surface area contributed by atoms with E-state index in [-0.39, 0.29) is 0 Å². The molecule has 1 aliphatic rings. The van der Waals surface area contributed by atoms with Crippen LogP contribution in [0.5, 0.6) is 0 Å². The van der Waals surface area contributed by atoms with Gasteiger partial charge in [-0.15, -0.1) is 0 Å². The molecule has 0 saturated heterocycles. The lowest BCUT2D eigenvalue weighted by molar-refractivity contribution is 0.581. The Labute approximate surface area is 301 Å². The standard InChI is InChI=1S/C49H32N2O/c1-3-11-31(12-4-1)35-22-28-46-44(30-35)42-26-27-45-48(52-49(50-45)33-13-5-2-6-14-33)47(42)51(46)36-23-19-32(20-24-36)34-21-25-41-39-17-8-7-15-37(39)38-16-9-10-18-40(38)43(41)29-34/h1-25,28-30H,26-27H2. The minimum absolute atomic E-state index is 0.673. The fourth-order valence-electron chi connectivity index (χ4n) is 8.47. The van der Waals surface area contributed by atoms with Crippen molar-refractivity contribution >= 4 is 43.2 Å². The van der Waals surface area contributed by atoms with Gasteiger partial charge in [0.2, 0.25) is 5.89 Å². The summed E-state index contributed by atoms with van der Waals surface area (Å²) in [5.74, 6) is 1.54. The molecule has 3 nitrogen and oxygen atoms in total. The third kappa shape index (κ3) is 4.42. The van der Waals surface area contributed by atoms with Crippen LogP contribution in [0, 0.1) is 0 Å². The highest BCUT2D eigenvalue weighted by atomic mass is 16.4. The van der Waals surface area contributed by atoms with E-state index in [1.807, 2.05) is 18.2 Å². The van der Waals surface area contributed by atoms with E-state index in [1.54, 1.807) is 0 Å². The van der Waals surface area contributed by atoms with E-state index < -0.39 is 0 Å². The third-order valence-corrected chi connectivity index (χ3v) is 10.9. The molecular weight excluding hydrogens is 633 g/mol. The van der Waals surface area contributed by atoms with Crippen molar-refractivity contribution < 1.29 is 4.42 Å². The van der Waals surface area contributed by atoms with Crippen molar-refractivity contribution in [1.82, 2.24) is 9.55 Å². The number of aromatic nitrogens is 2. The van der Waals surface area contributed by atoms with Gasteiger partial charge in [0.25, 0.3) is 0 Å². The molecule has 10 aromatic rings. The molecule has 244 valence electrons. The molecule has 0 bridgehead atoms. The van der Waals surface area contributed by atoms with Crippen LogP contribution < -0.4 is 0 Å². The third-order valence-electron chi connectivity index (χ3n) is 10.9. The molecule has 2 heterocycles. The van der Waals surface area contributed by atoms with Gasteiger partial charge in [0.1, 0.15) is 0 Å². The topological polar surface area (TPSA) is 31.0 Å². The Hall–Kier alpha value is -6.71. The quantitative estimate of drug-likeness (QED) is 0.175. The first-order chi connectivity index (χ1) is 25.8. The van der Waals surface area contributed by atoms with E-state index >= 15 is 0 Å². The molecule has 0 N–H and O–H groups in total. The average molecular weight is 665 g/mol. The van der Waals surface area contributed by atoms with Crippen molar-refractivity contribution in [2.45, 2.75) is 12.8 Å². The fraction of sp³-hybridized carbons (Fsp3) is 0.0408. The SMILES string of the molecule is c1ccc(-c2ccc3c(c2)c2c(n3-c3ccc(-c4ccc5c6ccccc6c6ccccc6c5c4)cc3)-c3oc(-c4ccccc4)nc3CC2)cc1. The molecule has 52 heavy (non-hydrogen) atoms. The first kappa shape index (κ1) is 29.1. The zero-order valence-corrected chi connectivity index (χ0v) is 28.4. The van der Waals surface area contributed by atoms with E-state index in [0.717, 1.165) is 41.2 Å². The molecule has 0 aliphatic heterocycles. The highest BCUT2D eigenvalue weighted by Crippen LogP contribution is 2.45. The van der Waals surface area contributed by atoms with Gasteiger partial charge in [-0.3, -0.25) is 0 Å². The molecule has 3 heteroatoms. The minimum atomic E-state index is 0.673. The maximum atomic E-state index is 6.69. The van der Waals surface area contributed by atoms with Gasteiger partial charge in [0.05, 0.1) is 16.9 Å². The van der Waals surface area contributed by atoms with Crippen molar-refractivity contribution in [3.8, 4) is 50.8 Å². The van der Waals surface area contributed by atoms with Gasteiger partial charge in [-0.1, -0.05) is 127 Å². The number of hydrogen-bond donors (Lipinski definition) is 0. The largest absolute Gasteiger partial charge is 0.434 e. The summed E-state index contributed by atoms with van der Waals surface area (Å²) in [7, 11) is 0. The molecule has 0 unspecified atom stereocenters. The molecule has 0 amide bonds. The van der Waals surface area contributed by atoms with Gasteiger partial charge in [-0.2, -0.15) is 0 Å². The van der Waals surface area contributed by atoms with E-state index in [2.05, 4.69) is 156 Å². The molecule has 2 aromatic heterocycles. The number of rotatable bonds is 4. The summed E-state index contributed by atoms with van der Waals surface area (Å²) in [4.78, 5) is 5.03. The van der Waals surface area contributed by atoms with E-state index in [9.17, 15) is 0 Å².